The highest BCUT2D eigenvalue weighted by molar-refractivity contribution is 7.21. The van der Waals surface area contributed by atoms with Crippen molar-refractivity contribution in [2.75, 3.05) is 13.1 Å². The fourth-order valence-corrected chi connectivity index (χ4v) is 4.85. The standard InChI is InChI=1S/C16H13ClF2N2O3S/c17-12-9-2-1-8(24-15(18)19)5-10(9)25-13(12)14(23)21-6-16(7-21)4-3-11(22)20-16/h1-2,5,15H,3-4,6-7H2,(H,20,22). The molecule has 2 aromatic rings. The van der Waals surface area contributed by atoms with Crippen LogP contribution in [0.4, 0.5) is 8.78 Å². The molecule has 5 nitrogen and oxygen atoms in total. The highest BCUT2D eigenvalue weighted by Gasteiger charge is 2.49. The fraction of sp³-hybridized carbons (Fsp3) is 0.375. The molecule has 2 fully saturated rings. The van der Waals surface area contributed by atoms with Gasteiger partial charge in [0.05, 0.1) is 10.6 Å². The Balaban J connectivity index is 1.56. The highest BCUT2D eigenvalue weighted by Crippen LogP contribution is 2.40. The Morgan fingerprint density at radius 3 is 2.80 bits per heavy atom. The van der Waals surface area contributed by atoms with Crippen LogP contribution in [0.2, 0.25) is 5.02 Å². The molecule has 4 rings (SSSR count). The van der Waals surface area contributed by atoms with Crippen LogP contribution in [-0.4, -0.2) is 42.0 Å². The van der Waals surface area contributed by atoms with E-state index in [0.717, 1.165) is 17.8 Å². The maximum atomic E-state index is 12.7. The smallest absolute Gasteiger partial charge is 0.387 e. The third kappa shape index (κ3) is 2.83. The Morgan fingerprint density at radius 1 is 1.40 bits per heavy atom. The summed E-state index contributed by atoms with van der Waals surface area (Å²) >= 11 is 7.46. The summed E-state index contributed by atoms with van der Waals surface area (Å²) in [5, 5.41) is 3.86. The molecule has 2 saturated heterocycles. The molecule has 1 N–H and O–H groups in total. The van der Waals surface area contributed by atoms with E-state index in [1.165, 1.54) is 12.1 Å². The fourth-order valence-electron chi connectivity index (χ4n) is 3.34. The van der Waals surface area contributed by atoms with Crippen molar-refractivity contribution in [3.63, 3.8) is 0 Å². The second-order valence-electron chi connectivity index (χ2n) is 6.27. The van der Waals surface area contributed by atoms with Crippen molar-refractivity contribution < 1.29 is 23.1 Å². The molecule has 0 bridgehead atoms. The van der Waals surface area contributed by atoms with Crippen LogP contribution in [0.25, 0.3) is 10.1 Å². The van der Waals surface area contributed by atoms with Gasteiger partial charge in [0.15, 0.2) is 0 Å². The maximum Gasteiger partial charge on any atom is 0.387 e. The predicted octanol–water partition coefficient (Wildman–Crippen LogP) is 3.26. The lowest BCUT2D eigenvalue weighted by molar-refractivity contribution is -0.120. The van der Waals surface area contributed by atoms with Crippen molar-refractivity contribution >= 4 is 44.8 Å². The van der Waals surface area contributed by atoms with Crippen molar-refractivity contribution in [2.24, 2.45) is 0 Å². The summed E-state index contributed by atoms with van der Waals surface area (Å²) in [6.07, 6.45) is 1.21. The van der Waals surface area contributed by atoms with Gasteiger partial charge in [0.1, 0.15) is 10.6 Å². The minimum atomic E-state index is -2.91. The van der Waals surface area contributed by atoms with E-state index in [1.54, 1.807) is 11.0 Å². The third-order valence-electron chi connectivity index (χ3n) is 4.53. The molecule has 9 heteroatoms. The summed E-state index contributed by atoms with van der Waals surface area (Å²) in [5.41, 5.74) is -0.297. The first-order chi connectivity index (χ1) is 11.9. The molecule has 0 atom stereocenters. The van der Waals surface area contributed by atoms with Gasteiger partial charge in [-0.1, -0.05) is 11.6 Å². The van der Waals surface area contributed by atoms with Crippen LogP contribution in [0.5, 0.6) is 5.75 Å². The molecular weight excluding hydrogens is 374 g/mol. The van der Waals surface area contributed by atoms with E-state index in [1.807, 2.05) is 0 Å². The Morgan fingerprint density at radius 2 is 2.16 bits per heavy atom. The number of hydrogen-bond donors (Lipinski definition) is 1. The molecule has 1 spiro atoms. The zero-order valence-electron chi connectivity index (χ0n) is 12.9. The number of benzene rings is 1. The van der Waals surface area contributed by atoms with Crippen LogP contribution >= 0.6 is 22.9 Å². The number of carbonyl (C=O) groups is 2. The lowest BCUT2D eigenvalue weighted by atomic mass is 9.88. The van der Waals surface area contributed by atoms with Crippen molar-refractivity contribution in [3.8, 4) is 5.75 Å². The monoisotopic (exact) mass is 386 g/mol. The van der Waals surface area contributed by atoms with Gasteiger partial charge in [0, 0.05) is 29.6 Å². The Kier molecular flexibility index (Phi) is 3.84. The van der Waals surface area contributed by atoms with Crippen LogP contribution in [0.15, 0.2) is 18.2 Å². The summed E-state index contributed by atoms with van der Waals surface area (Å²) in [6, 6.07) is 4.41. The molecule has 0 unspecified atom stereocenters. The maximum absolute atomic E-state index is 12.7. The average Bonchev–Trinajstić information content (AvgIpc) is 3.06. The quantitative estimate of drug-likeness (QED) is 0.880. The number of rotatable bonds is 3. The van der Waals surface area contributed by atoms with E-state index < -0.39 is 6.61 Å². The topological polar surface area (TPSA) is 58.6 Å². The molecular formula is C16H13ClF2N2O3S. The number of nitrogens with zero attached hydrogens (tertiary/aromatic N) is 1. The predicted molar refractivity (Wildman–Crippen MR) is 89.5 cm³/mol. The van der Waals surface area contributed by atoms with Crippen molar-refractivity contribution in [1.29, 1.82) is 0 Å². The molecule has 25 heavy (non-hydrogen) atoms. The highest BCUT2D eigenvalue weighted by atomic mass is 35.5. The van der Waals surface area contributed by atoms with Gasteiger partial charge >= 0.3 is 6.61 Å². The van der Waals surface area contributed by atoms with Crippen molar-refractivity contribution in [1.82, 2.24) is 10.2 Å². The van der Waals surface area contributed by atoms with Crippen molar-refractivity contribution in [3.05, 3.63) is 28.1 Å². The first kappa shape index (κ1) is 16.5. The Hall–Kier alpha value is -1.93. The summed E-state index contributed by atoms with van der Waals surface area (Å²) in [6.45, 7) is -1.99. The number of likely N-dealkylation sites (tertiary alicyclic amines) is 1. The van der Waals surface area contributed by atoms with E-state index in [-0.39, 0.29) is 23.1 Å². The van der Waals surface area contributed by atoms with Crippen LogP contribution in [-0.2, 0) is 4.79 Å². The summed E-state index contributed by atoms with van der Waals surface area (Å²) in [5.74, 6) is -0.177. The number of halogens is 3. The number of amides is 2. The van der Waals surface area contributed by atoms with Gasteiger partial charge in [-0.25, -0.2) is 0 Å². The number of alkyl halides is 2. The Bertz CT molecular complexity index is 880. The molecule has 2 amide bonds. The molecule has 0 saturated carbocycles. The van der Waals surface area contributed by atoms with Gasteiger partial charge in [0.25, 0.3) is 5.91 Å². The van der Waals surface area contributed by atoms with E-state index >= 15 is 0 Å². The van der Waals surface area contributed by atoms with Gasteiger partial charge in [-0.05, 0) is 24.6 Å². The van der Waals surface area contributed by atoms with Crippen LogP contribution in [0, 0.1) is 0 Å². The molecule has 1 aromatic heterocycles. The van der Waals surface area contributed by atoms with Gasteiger partial charge in [-0.3, -0.25) is 9.59 Å². The number of thiophene rings is 1. The molecule has 3 heterocycles. The largest absolute Gasteiger partial charge is 0.435 e. The second kappa shape index (κ2) is 5.81. The SMILES string of the molecule is O=C1CCC2(CN(C(=O)c3sc4cc(OC(F)F)ccc4c3Cl)C2)N1. The molecule has 2 aliphatic heterocycles. The number of ether oxygens (including phenoxy) is 1. The molecule has 0 aliphatic carbocycles. The third-order valence-corrected chi connectivity index (χ3v) is 6.17. The van der Waals surface area contributed by atoms with Gasteiger partial charge in [-0.2, -0.15) is 8.78 Å². The first-order valence-electron chi connectivity index (χ1n) is 7.64. The first-order valence-corrected chi connectivity index (χ1v) is 8.83. The van der Waals surface area contributed by atoms with Gasteiger partial charge in [-0.15, -0.1) is 11.3 Å². The summed E-state index contributed by atoms with van der Waals surface area (Å²) in [7, 11) is 0. The minimum absolute atomic E-state index is 0.0125. The molecule has 2 aliphatic rings. The lowest BCUT2D eigenvalue weighted by Gasteiger charge is -2.47. The molecule has 1 aromatic carbocycles. The van der Waals surface area contributed by atoms with Crippen LogP contribution < -0.4 is 10.1 Å². The molecule has 132 valence electrons. The summed E-state index contributed by atoms with van der Waals surface area (Å²) in [4.78, 5) is 26.1. The second-order valence-corrected chi connectivity index (χ2v) is 7.70. The zero-order valence-corrected chi connectivity index (χ0v) is 14.4. The number of carbonyl (C=O) groups excluding carboxylic acids is 2. The van der Waals surface area contributed by atoms with Gasteiger partial charge in [0.2, 0.25) is 5.91 Å². The number of nitrogens with one attached hydrogen (secondary N) is 1. The number of fused-ring (bicyclic) bond motifs is 1. The summed E-state index contributed by atoms with van der Waals surface area (Å²) < 4.78 is 29.6. The van der Waals surface area contributed by atoms with E-state index in [2.05, 4.69) is 10.1 Å². The van der Waals surface area contributed by atoms with E-state index in [4.69, 9.17) is 11.6 Å². The normalized spacial score (nSPS) is 18.7. The number of hydrogen-bond acceptors (Lipinski definition) is 4. The zero-order chi connectivity index (χ0) is 17.8. The minimum Gasteiger partial charge on any atom is -0.435 e. The van der Waals surface area contributed by atoms with Crippen molar-refractivity contribution in [2.45, 2.75) is 25.0 Å². The average molecular weight is 387 g/mol. The lowest BCUT2D eigenvalue weighted by Crippen LogP contribution is -2.68. The van der Waals surface area contributed by atoms with E-state index in [9.17, 15) is 18.4 Å². The van der Waals surface area contributed by atoms with Gasteiger partial charge < -0.3 is 15.0 Å². The molecule has 0 radical (unpaired) electrons. The van der Waals surface area contributed by atoms with E-state index in [0.29, 0.717) is 39.5 Å². The van der Waals surface area contributed by atoms with Crippen LogP contribution in [0.3, 0.4) is 0 Å². The Labute approximate surface area is 150 Å². The van der Waals surface area contributed by atoms with Crippen LogP contribution in [0.1, 0.15) is 22.5 Å².